The average Bonchev–Trinajstić information content (AvgIpc) is 3.11. The fourth-order valence-corrected chi connectivity index (χ4v) is 2.63. The molecule has 0 aliphatic heterocycles. The van der Waals surface area contributed by atoms with Crippen molar-refractivity contribution < 1.29 is 9.32 Å². The maximum Gasteiger partial charge on any atom is 0.246 e. The van der Waals surface area contributed by atoms with E-state index in [1.807, 2.05) is 43.3 Å². The number of likely N-dealkylation sites (N-methyl/N-ethyl adjacent to an activating group) is 1. The van der Waals surface area contributed by atoms with Crippen LogP contribution >= 0.6 is 0 Å². The molecule has 1 amide bonds. The minimum Gasteiger partial charge on any atom is -0.337 e. The minimum absolute atomic E-state index is 0.0179. The largest absolute Gasteiger partial charge is 0.337 e. The van der Waals surface area contributed by atoms with Crippen LogP contribution < -0.4 is 0 Å². The van der Waals surface area contributed by atoms with Crippen LogP contribution in [0.5, 0.6) is 0 Å². The topological polar surface area (TPSA) is 59.2 Å². The van der Waals surface area contributed by atoms with Gasteiger partial charge >= 0.3 is 0 Å². The van der Waals surface area contributed by atoms with Gasteiger partial charge in [-0.1, -0.05) is 66.2 Å². The van der Waals surface area contributed by atoms with Crippen molar-refractivity contribution in [2.45, 2.75) is 33.2 Å². The third-order valence-corrected chi connectivity index (χ3v) is 4.36. The number of amides is 1. The number of carbonyl (C=O) groups is 1. The number of hydrogen-bond donors (Lipinski definition) is 0. The number of hydrogen-bond acceptors (Lipinski definition) is 4. The molecule has 0 unspecified atom stereocenters. The highest BCUT2D eigenvalue weighted by atomic mass is 16.5. The molecule has 0 radical (unpaired) electrons. The number of rotatable bonds is 6. The second-order valence-electron chi connectivity index (χ2n) is 6.47. The Morgan fingerprint density at radius 2 is 1.69 bits per heavy atom. The SMILES string of the molecule is CCc1ccc(CC(=O)N(C)Cc2nc(-c3ccc(C)cc3)no2)cc1. The predicted molar refractivity (Wildman–Crippen MR) is 100 cm³/mol. The molecule has 0 atom stereocenters. The second kappa shape index (κ2) is 7.95. The Kier molecular flexibility index (Phi) is 5.46. The van der Waals surface area contributed by atoms with Crippen molar-refractivity contribution in [3.05, 3.63) is 71.1 Å². The van der Waals surface area contributed by atoms with Gasteiger partial charge in [-0.15, -0.1) is 0 Å². The standard InChI is InChI=1S/C21H23N3O2/c1-4-16-7-9-17(10-8-16)13-20(25)24(3)14-19-22-21(23-26-19)18-11-5-15(2)6-12-18/h5-12H,4,13-14H2,1-3H3. The van der Waals surface area contributed by atoms with E-state index in [1.54, 1.807) is 11.9 Å². The van der Waals surface area contributed by atoms with E-state index in [1.165, 1.54) is 11.1 Å². The molecule has 0 spiro atoms. The number of nitrogens with zero attached hydrogens (tertiary/aromatic N) is 3. The molecule has 0 aliphatic rings. The van der Waals surface area contributed by atoms with Gasteiger partial charge in [0.05, 0.1) is 13.0 Å². The second-order valence-corrected chi connectivity index (χ2v) is 6.47. The van der Waals surface area contributed by atoms with Crippen molar-refractivity contribution in [2.24, 2.45) is 0 Å². The van der Waals surface area contributed by atoms with E-state index in [-0.39, 0.29) is 5.91 Å². The minimum atomic E-state index is 0.0179. The monoisotopic (exact) mass is 349 g/mol. The normalized spacial score (nSPS) is 10.7. The molecule has 0 aliphatic carbocycles. The first kappa shape index (κ1) is 17.9. The molecule has 0 N–H and O–H groups in total. The summed E-state index contributed by atoms with van der Waals surface area (Å²) >= 11 is 0. The molecule has 0 bridgehead atoms. The highest BCUT2D eigenvalue weighted by Crippen LogP contribution is 2.17. The first-order chi connectivity index (χ1) is 12.5. The third-order valence-electron chi connectivity index (χ3n) is 4.36. The molecule has 0 saturated heterocycles. The Balaban J connectivity index is 1.61. The summed E-state index contributed by atoms with van der Waals surface area (Å²) in [6.07, 6.45) is 1.36. The smallest absolute Gasteiger partial charge is 0.246 e. The lowest BCUT2D eigenvalue weighted by atomic mass is 10.1. The molecule has 134 valence electrons. The molecule has 5 nitrogen and oxygen atoms in total. The molecule has 1 aromatic heterocycles. The van der Waals surface area contributed by atoms with Gasteiger partial charge in [0, 0.05) is 12.6 Å². The summed E-state index contributed by atoms with van der Waals surface area (Å²) in [4.78, 5) is 18.4. The van der Waals surface area contributed by atoms with Crippen LogP contribution in [-0.2, 0) is 24.2 Å². The van der Waals surface area contributed by atoms with Gasteiger partial charge in [0.15, 0.2) is 0 Å². The Morgan fingerprint density at radius 1 is 1.04 bits per heavy atom. The van der Waals surface area contributed by atoms with Crippen molar-refractivity contribution >= 4 is 5.91 Å². The van der Waals surface area contributed by atoms with E-state index in [4.69, 9.17) is 4.52 Å². The van der Waals surface area contributed by atoms with Gasteiger partial charge in [0.1, 0.15) is 0 Å². The van der Waals surface area contributed by atoms with Gasteiger partial charge in [-0.05, 0) is 24.5 Å². The summed E-state index contributed by atoms with van der Waals surface area (Å²) in [5, 5.41) is 4.01. The zero-order valence-corrected chi connectivity index (χ0v) is 15.4. The molecular weight excluding hydrogens is 326 g/mol. The molecule has 3 rings (SSSR count). The number of aromatic nitrogens is 2. The van der Waals surface area contributed by atoms with Crippen LogP contribution in [0.2, 0.25) is 0 Å². The van der Waals surface area contributed by atoms with Crippen LogP contribution in [0.3, 0.4) is 0 Å². The molecular formula is C21H23N3O2. The predicted octanol–water partition coefficient (Wildman–Crippen LogP) is 3.81. The van der Waals surface area contributed by atoms with Gasteiger partial charge in [-0.3, -0.25) is 4.79 Å². The van der Waals surface area contributed by atoms with Crippen LogP contribution in [-0.4, -0.2) is 28.0 Å². The molecule has 0 saturated carbocycles. The average molecular weight is 349 g/mol. The molecule has 0 fully saturated rings. The van der Waals surface area contributed by atoms with Crippen molar-refractivity contribution in [3.8, 4) is 11.4 Å². The van der Waals surface area contributed by atoms with Gasteiger partial charge in [0.25, 0.3) is 0 Å². The van der Waals surface area contributed by atoms with Crippen LogP contribution in [0.25, 0.3) is 11.4 Å². The van der Waals surface area contributed by atoms with Gasteiger partial charge < -0.3 is 9.42 Å². The highest BCUT2D eigenvalue weighted by molar-refractivity contribution is 5.78. The van der Waals surface area contributed by atoms with Crippen molar-refractivity contribution in [2.75, 3.05) is 7.05 Å². The molecule has 2 aromatic carbocycles. The first-order valence-corrected chi connectivity index (χ1v) is 8.76. The Bertz CT molecular complexity index is 867. The first-order valence-electron chi connectivity index (χ1n) is 8.76. The quantitative estimate of drug-likeness (QED) is 0.679. The maximum absolute atomic E-state index is 12.4. The number of carbonyl (C=O) groups excluding carboxylic acids is 1. The Hall–Kier alpha value is -2.95. The molecule has 26 heavy (non-hydrogen) atoms. The number of benzene rings is 2. The van der Waals surface area contributed by atoms with Crippen molar-refractivity contribution in [1.82, 2.24) is 15.0 Å². The van der Waals surface area contributed by atoms with Gasteiger partial charge in [-0.25, -0.2) is 0 Å². The van der Waals surface area contributed by atoms with E-state index in [0.717, 1.165) is 17.5 Å². The van der Waals surface area contributed by atoms with Crippen LogP contribution in [0.15, 0.2) is 53.1 Å². The summed E-state index contributed by atoms with van der Waals surface area (Å²) in [6, 6.07) is 16.1. The summed E-state index contributed by atoms with van der Waals surface area (Å²) in [5.74, 6) is 0.984. The Morgan fingerprint density at radius 3 is 2.35 bits per heavy atom. The lowest BCUT2D eigenvalue weighted by Gasteiger charge is -2.14. The fourth-order valence-electron chi connectivity index (χ4n) is 2.63. The van der Waals surface area contributed by atoms with E-state index in [0.29, 0.717) is 24.7 Å². The summed E-state index contributed by atoms with van der Waals surface area (Å²) in [6.45, 7) is 4.44. The van der Waals surface area contributed by atoms with Gasteiger partial charge in [-0.2, -0.15) is 4.98 Å². The molecule has 1 heterocycles. The van der Waals surface area contributed by atoms with Crippen LogP contribution in [0, 0.1) is 6.92 Å². The van der Waals surface area contributed by atoms with Crippen LogP contribution in [0.1, 0.15) is 29.5 Å². The molecule has 5 heteroatoms. The Labute approximate surface area is 153 Å². The maximum atomic E-state index is 12.4. The zero-order valence-electron chi connectivity index (χ0n) is 15.4. The number of aryl methyl sites for hydroxylation is 2. The summed E-state index contributed by atoms with van der Waals surface area (Å²) < 4.78 is 5.30. The van der Waals surface area contributed by atoms with Crippen molar-refractivity contribution in [3.63, 3.8) is 0 Å². The van der Waals surface area contributed by atoms with Gasteiger partial charge in [0.2, 0.25) is 17.6 Å². The highest BCUT2D eigenvalue weighted by Gasteiger charge is 2.15. The lowest BCUT2D eigenvalue weighted by Crippen LogP contribution is -2.27. The molecule has 3 aromatic rings. The lowest BCUT2D eigenvalue weighted by molar-refractivity contribution is -0.130. The van der Waals surface area contributed by atoms with E-state index in [2.05, 4.69) is 29.2 Å². The summed E-state index contributed by atoms with van der Waals surface area (Å²) in [5.41, 5.74) is 4.35. The zero-order chi connectivity index (χ0) is 18.5. The summed E-state index contributed by atoms with van der Waals surface area (Å²) in [7, 11) is 1.75. The third kappa shape index (κ3) is 4.36. The van der Waals surface area contributed by atoms with E-state index >= 15 is 0 Å². The fraction of sp³-hybridized carbons (Fsp3) is 0.286. The van der Waals surface area contributed by atoms with E-state index < -0.39 is 0 Å². The van der Waals surface area contributed by atoms with Crippen LogP contribution in [0.4, 0.5) is 0 Å². The van der Waals surface area contributed by atoms with E-state index in [9.17, 15) is 4.79 Å². The van der Waals surface area contributed by atoms with Crippen molar-refractivity contribution in [1.29, 1.82) is 0 Å².